The lowest BCUT2D eigenvalue weighted by Gasteiger charge is -2.27. The van der Waals surface area contributed by atoms with Gasteiger partial charge in [0.1, 0.15) is 0 Å². The Kier molecular flexibility index (Phi) is 15.6. The summed E-state index contributed by atoms with van der Waals surface area (Å²) in [4.78, 5) is 26.5. The number of rotatable bonds is 19. The molecule has 35 heavy (non-hydrogen) atoms. The number of halogens is 2. The fourth-order valence-corrected chi connectivity index (χ4v) is 5.98. The van der Waals surface area contributed by atoms with Gasteiger partial charge < -0.3 is 10.0 Å². The molecule has 0 radical (unpaired) electrons. The van der Waals surface area contributed by atoms with E-state index in [9.17, 15) is 23.1 Å². The first-order valence-corrected chi connectivity index (χ1v) is 15.2. The summed E-state index contributed by atoms with van der Waals surface area (Å²) in [6.07, 6.45) is 10.2. The second kappa shape index (κ2) is 17.2. The molecule has 0 fully saturated rings. The first-order chi connectivity index (χ1) is 16.6. The molecule has 1 rings (SSSR count). The fraction of sp³-hybridized carbons (Fsp3) is 0.692. The van der Waals surface area contributed by atoms with E-state index in [-0.39, 0.29) is 33.7 Å². The predicted molar refractivity (Wildman–Crippen MR) is 143 cm³/mol. The van der Waals surface area contributed by atoms with Crippen LogP contribution in [0.3, 0.4) is 0 Å². The molecule has 0 spiro atoms. The lowest BCUT2D eigenvalue weighted by atomic mass is 10.0. The van der Waals surface area contributed by atoms with Gasteiger partial charge >= 0.3 is 5.97 Å². The number of hydrogen-bond acceptors (Lipinski definition) is 4. The number of unbranched alkanes of at least 4 members (excludes halogenated alkanes) is 8. The van der Waals surface area contributed by atoms with Crippen molar-refractivity contribution in [1.29, 1.82) is 0 Å². The molecular formula is C26H41Cl2NO5S. The van der Waals surface area contributed by atoms with Gasteiger partial charge in [0.2, 0.25) is 5.91 Å². The van der Waals surface area contributed by atoms with Gasteiger partial charge in [0.25, 0.3) is 0 Å². The Morgan fingerprint density at radius 1 is 0.886 bits per heavy atom. The number of hydrogen-bond donors (Lipinski definition) is 1. The third-order valence-electron chi connectivity index (χ3n) is 6.10. The largest absolute Gasteiger partial charge is 0.481 e. The van der Waals surface area contributed by atoms with Crippen LogP contribution in [0.5, 0.6) is 0 Å². The average Bonchev–Trinajstić information content (AvgIpc) is 2.81. The summed E-state index contributed by atoms with van der Waals surface area (Å²) in [7, 11) is -3.87. The van der Waals surface area contributed by atoms with Crippen molar-refractivity contribution in [3.63, 3.8) is 0 Å². The molecule has 0 aliphatic heterocycles. The molecule has 0 heterocycles. The zero-order valence-electron chi connectivity index (χ0n) is 21.1. The molecule has 0 aliphatic carbocycles. The summed E-state index contributed by atoms with van der Waals surface area (Å²) in [6.45, 7) is 5.42. The van der Waals surface area contributed by atoms with E-state index in [4.69, 9.17) is 23.2 Å². The van der Waals surface area contributed by atoms with Crippen LogP contribution < -0.4 is 0 Å². The lowest BCUT2D eigenvalue weighted by Crippen LogP contribution is -2.40. The smallest absolute Gasteiger partial charge is 0.303 e. The third kappa shape index (κ3) is 12.5. The highest BCUT2D eigenvalue weighted by Crippen LogP contribution is 2.27. The maximum Gasteiger partial charge on any atom is 0.303 e. The maximum atomic E-state index is 13.5. The van der Waals surface area contributed by atoms with Crippen LogP contribution >= 0.6 is 23.2 Å². The number of benzene rings is 1. The van der Waals surface area contributed by atoms with Crippen molar-refractivity contribution in [3.05, 3.63) is 28.2 Å². The molecule has 0 saturated carbocycles. The highest BCUT2D eigenvalue weighted by molar-refractivity contribution is 7.91. The SMILES string of the molecule is CCCCCCCN(CCCCCCC)C(=O)C(CCC(=O)O)CS(=O)(=O)c1ccc(Cl)c(Cl)c1. The Bertz CT molecular complexity index is 878. The molecule has 1 unspecified atom stereocenters. The molecule has 0 aromatic heterocycles. The van der Waals surface area contributed by atoms with E-state index in [1.165, 1.54) is 18.2 Å². The standard InChI is InChI=1S/C26H41Cl2NO5S/c1-3-5-7-9-11-17-29(18-12-10-8-6-4-2)26(32)21(13-16-25(30)31)20-35(33,34)22-14-15-23(27)24(28)19-22/h14-15,19,21H,3-13,16-18,20H2,1-2H3,(H,30,31). The highest BCUT2D eigenvalue weighted by Gasteiger charge is 2.30. The number of carbonyl (C=O) groups excluding carboxylic acids is 1. The van der Waals surface area contributed by atoms with E-state index in [1.54, 1.807) is 4.90 Å². The Morgan fingerprint density at radius 2 is 1.43 bits per heavy atom. The van der Waals surface area contributed by atoms with E-state index in [0.717, 1.165) is 64.2 Å². The number of carboxylic acids is 1. The van der Waals surface area contributed by atoms with Crippen LogP contribution in [0.15, 0.2) is 23.1 Å². The van der Waals surface area contributed by atoms with Crippen LogP contribution in [-0.4, -0.2) is 49.1 Å². The summed E-state index contributed by atoms with van der Waals surface area (Å²) >= 11 is 11.9. The van der Waals surface area contributed by atoms with Gasteiger partial charge in [0, 0.05) is 19.5 Å². The van der Waals surface area contributed by atoms with Crippen LogP contribution in [0.4, 0.5) is 0 Å². The number of nitrogens with zero attached hydrogens (tertiary/aromatic N) is 1. The van der Waals surface area contributed by atoms with Crippen molar-refractivity contribution < 1.29 is 23.1 Å². The molecule has 1 atom stereocenters. The fourth-order valence-electron chi connectivity index (χ4n) is 4.01. The van der Waals surface area contributed by atoms with Gasteiger partial charge in [0.15, 0.2) is 9.84 Å². The minimum atomic E-state index is -3.87. The molecule has 1 N–H and O–H groups in total. The van der Waals surface area contributed by atoms with Crippen LogP contribution in [-0.2, 0) is 19.4 Å². The monoisotopic (exact) mass is 549 g/mol. The first-order valence-electron chi connectivity index (χ1n) is 12.8. The predicted octanol–water partition coefficient (Wildman–Crippen LogP) is 7.02. The summed E-state index contributed by atoms with van der Waals surface area (Å²) in [5.41, 5.74) is 0. The van der Waals surface area contributed by atoms with Crippen LogP contribution in [0.1, 0.15) is 90.9 Å². The van der Waals surface area contributed by atoms with Gasteiger partial charge in [0.05, 0.1) is 26.6 Å². The minimum absolute atomic E-state index is 0.0225. The highest BCUT2D eigenvalue weighted by atomic mass is 35.5. The summed E-state index contributed by atoms with van der Waals surface area (Å²) in [5.74, 6) is -2.72. The van der Waals surface area contributed by atoms with Crippen molar-refractivity contribution in [2.75, 3.05) is 18.8 Å². The van der Waals surface area contributed by atoms with E-state index < -0.39 is 27.5 Å². The number of carboxylic acid groups (broad SMARTS) is 1. The van der Waals surface area contributed by atoms with Crippen LogP contribution in [0.25, 0.3) is 0 Å². The second-order valence-electron chi connectivity index (χ2n) is 9.14. The Labute approximate surface area is 221 Å². The number of aliphatic carboxylic acids is 1. The number of amides is 1. The number of sulfone groups is 1. The van der Waals surface area contributed by atoms with Gasteiger partial charge in [-0.1, -0.05) is 88.4 Å². The number of carbonyl (C=O) groups is 2. The zero-order chi connectivity index (χ0) is 26.3. The third-order valence-corrected chi connectivity index (χ3v) is 8.65. The van der Waals surface area contributed by atoms with Gasteiger partial charge in [-0.25, -0.2) is 8.42 Å². The van der Waals surface area contributed by atoms with E-state index in [2.05, 4.69) is 13.8 Å². The van der Waals surface area contributed by atoms with Gasteiger partial charge in [-0.15, -0.1) is 0 Å². The molecule has 0 bridgehead atoms. The van der Waals surface area contributed by atoms with Crippen LogP contribution in [0, 0.1) is 5.92 Å². The van der Waals surface area contributed by atoms with Crippen molar-refractivity contribution in [1.82, 2.24) is 4.90 Å². The molecular weight excluding hydrogens is 509 g/mol. The van der Waals surface area contributed by atoms with Crippen LogP contribution in [0.2, 0.25) is 10.0 Å². The summed E-state index contributed by atoms with van der Waals surface area (Å²) in [5, 5.41) is 9.56. The minimum Gasteiger partial charge on any atom is -0.481 e. The first kappa shape index (κ1) is 31.7. The molecule has 0 saturated heterocycles. The van der Waals surface area contributed by atoms with Crippen molar-refractivity contribution >= 4 is 44.9 Å². The average molecular weight is 551 g/mol. The maximum absolute atomic E-state index is 13.5. The lowest BCUT2D eigenvalue weighted by molar-refractivity contribution is -0.138. The molecule has 200 valence electrons. The molecule has 0 aliphatic rings. The van der Waals surface area contributed by atoms with Gasteiger partial charge in [-0.2, -0.15) is 0 Å². The Balaban J connectivity index is 3.03. The van der Waals surface area contributed by atoms with Gasteiger partial charge in [-0.05, 0) is 37.5 Å². The molecule has 1 aromatic rings. The van der Waals surface area contributed by atoms with E-state index >= 15 is 0 Å². The molecule has 1 aromatic carbocycles. The van der Waals surface area contributed by atoms with Gasteiger partial charge in [-0.3, -0.25) is 9.59 Å². The van der Waals surface area contributed by atoms with Crippen molar-refractivity contribution in [3.8, 4) is 0 Å². The van der Waals surface area contributed by atoms with E-state index in [0.29, 0.717) is 13.1 Å². The molecule has 9 heteroatoms. The molecule has 1 amide bonds. The van der Waals surface area contributed by atoms with Crippen molar-refractivity contribution in [2.24, 2.45) is 5.92 Å². The zero-order valence-corrected chi connectivity index (χ0v) is 23.4. The Hall–Kier alpha value is -1.31. The Morgan fingerprint density at radius 3 is 1.91 bits per heavy atom. The van der Waals surface area contributed by atoms with E-state index in [1.807, 2.05) is 0 Å². The van der Waals surface area contributed by atoms with Crippen molar-refractivity contribution in [2.45, 2.75) is 95.8 Å². The topological polar surface area (TPSA) is 91.8 Å². The molecule has 6 nitrogen and oxygen atoms in total. The quantitative estimate of drug-likeness (QED) is 0.187. The second-order valence-corrected chi connectivity index (χ2v) is 12.0. The normalized spacial score (nSPS) is 12.5. The summed E-state index contributed by atoms with van der Waals surface area (Å²) < 4.78 is 26.2. The summed E-state index contributed by atoms with van der Waals surface area (Å²) in [6, 6.07) is 4.04.